The number of benzene rings is 2. The molecule has 0 amide bonds. The highest BCUT2D eigenvalue weighted by Gasteiger charge is 2.47. The lowest BCUT2D eigenvalue weighted by molar-refractivity contribution is -0.0482. The van der Waals surface area contributed by atoms with Gasteiger partial charge in [0.1, 0.15) is 5.75 Å². The molecule has 22 heavy (non-hydrogen) atoms. The highest BCUT2D eigenvalue weighted by Crippen LogP contribution is 2.47. The van der Waals surface area contributed by atoms with Crippen molar-refractivity contribution in [1.82, 2.24) is 4.90 Å². The largest absolute Gasteiger partial charge is 0.496 e. The highest BCUT2D eigenvalue weighted by molar-refractivity contribution is 5.91. The maximum Gasteiger partial charge on any atom is 0.126 e. The Morgan fingerprint density at radius 3 is 2.32 bits per heavy atom. The average Bonchev–Trinajstić information content (AvgIpc) is 2.76. The van der Waals surface area contributed by atoms with E-state index in [1.165, 1.54) is 12.8 Å². The molecule has 2 aromatic carbocycles. The molecule has 2 unspecified atom stereocenters. The van der Waals surface area contributed by atoms with Crippen LogP contribution in [0.1, 0.15) is 31.2 Å². The van der Waals surface area contributed by atoms with Gasteiger partial charge in [-0.15, -0.1) is 0 Å². The van der Waals surface area contributed by atoms with Gasteiger partial charge in [0, 0.05) is 17.5 Å². The fourth-order valence-corrected chi connectivity index (χ4v) is 4.52. The Morgan fingerprint density at radius 2 is 1.68 bits per heavy atom. The monoisotopic (exact) mass is 297 g/mol. The van der Waals surface area contributed by atoms with E-state index < -0.39 is 5.60 Å². The molecule has 0 aromatic heterocycles. The Hall–Kier alpha value is -1.58. The standard InChI is InChI=1S/C19H23NO2/c1-20-13-7-8-14(20)12-19(21,11-13)17-9-10-18(22-2)16-6-4-3-5-15(16)17/h3-6,9-10,13-14,21H,7-8,11-12H2,1-2H3. The summed E-state index contributed by atoms with van der Waals surface area (Å²) in [5.41, 5.74) is 0.346. The Balaban J connectivity index is 1.85. The number of methoxy groups -OCH3 is 1. The quantitative estimate of drug-likeness (QED) is 0.923. The van der Waals surface area contributed by atoms with Gasteiger partial charge >= 0.3 is 0 Å². The van der Waals surface area contributed by atoms with Crippen LogP contribution in [0.15, 0.2) is 36.4 Å². The van der Waals surface area contributed by atoms with Gasteiger partial charge in [0.25, 0.3) is 0 Å². The molecule has 3 heteroatoms. The zero-order valence-corrected chi connectivity index (χ0v) is 13.2. The van der Waals surface area contributed by atoms with Crippen molar-refractivity contribution in [3.05, 3.63) is 42.0 Å². The Bertz CT molecular complexity index is 698. The predicted molar refractivity (Wildman–Crippen MR) is 88.2 cm³/mol. The summed E-state index contributed by atoms with van der Waals surface area (Å²) in [5.74, 6) is 0.874. The van der Waals surface area contributed by atoms with E-state index in [1.54, 1.807) is 7.11 Å². The molecule has 2 aliphatic rings. The van der Waals surface area contributed by atoms with Crippen molar-refractivity contribution in [1.29, 1.82) is 0 Å². The first-order valence-corrected chi connectivity index (χ1v) is 8.13. The van der Waals surface area contributed by atoms with Crippen LogP contribution in [0.25, 0.3) is 10.8 Å². The molecule has 3 nitrogen and oxygen atoms in total. The van der Waals surface area contributed by atoms with Crippen LogP contribution >= 0.6 is 0 Å². The van der Waals surface area contributed by atoms with E-state index in [4.69, 9.17) is 4.74 Å². The van der Waals surface area contributed by atoms with Gasteiger partial charge in [-0.3, -0.25) is 0 Å². The van der Waals surface area contributed by atoms with E-state index in [0.717, 1.165) is 34.9 Å². The van der Waals surface area contributed by atoms with Crippen molar-refractivity contribution >= 4 is 10.8 Å². The van der Waals surface area contributed by atoms with Crippen molar-refractivity contribution < 1.29 is 9.84 Å². The molecule has 2 aliphatic heterocycles. The van der Waals surface area contributed by atoms with Crippen molar-refractivity contribution in [2.45, 2.75) is 43.4 Å². The fourth-order valence-electron chi connectivity index (χ4n) is 4.52. The number of ether oxygens (including phenoxy) is 1. The molecule has 2 heterocycles. The van der Waals surface area contributed by atoms with Crippen LogP contribution in [0.3, 0.4) is 0 Å². The molecule has 0 spiro atoms. The summed E-state index contributed by atoms with van der Waals surface area (Å²) in [4.78, 5) is 2.46. The molecule has 2 fully saturated rings. The van der Waals surface area contributed by atoms with Crippen molar-refractivity contribution in [3.63, 3.8) is 0 Å². The Morgan fingerprint density at radius 1 is 1.05 bits per heavy atom. The molecule has 2 bridgehead atoms. The summed E-state index contributed by atoms with van der Waals surface area (Å²) >= 11 is 0. The zero-order valence-electron chi connectivity index (χ0n) is 13.2. The van der Waals surface area contributed by atoms with Crippen LogP contribution in [-0.2, 0) is 5.60 Å². The number of piperidine rings is 1. The molecular formula is C19H23NO2. The van der Waals surface area contributed by atoms with Gasteiger partial charge in [-0.25, -0.2) is 0 Å². The zero-order chi connectivity index (χ0) is 15.3. The number of hydrogen-bond acceptors (Lipinski definition) is 3. The summed E-state index contributed by atoms with van der Waals surface area (Å²) in [6.45, 7) is 0. The van der Waals surface area contributed by atoms with E-state index in [1.807, 2.05) is 18.2 Å². The van der Waals surface area contributed by atoms with E-state index in [-0.39, 0.29) is 0 Å². The van der Waals surface area contributed by atoms with Crippen LogP contribution in [0.2, 0.25) is 0 Å². The number of rotatable bonds is 2. The van der Waals surface area contributed by atoms with Gasteiger partial charge < -0.3 is 14.7 Å². The second kappa shape index (κ2) is 4.97. The van der Waals surface area contributed by atoms with Gasteiger partial charge in [-0.05, 0) is 49.7 Å². The molecule has 2 aromatic rings. The number of fused-ring (bicyclic) bond motifs is 3. The van der Waals surface area contributed by atoms with Crippen LogP contribution in [-0.4, -0.2) is 36.2 Å². The van der Waals surface area contributed by atoms with Crippen LogP contribution in [0.4, 0.5) is 0 Å². The van der Waals surface area contributed by atoms with Crippen LogP contribution < -0.4 is 4.74 Å². The van der Waals surface area contributed by atoms with Gasteiger partial charge in [-0.1, -0.05) is 30.3 Å². The molecule has 2 atom stereocenters. The van der Waals surface area contributed by atoms with E-state index >= 15 is 0 Å². The van der Waals surface area contributed by atoms with E-state index in [9.17, 15) is 5.11 Å². The molecule has 0 saturated carbocycles. The van der Waals surface area contributed by atoms with Crippen molar-refractivity contribution in [2.24, 2.45) is 0 Å². The maximum atomic E-state index is 11.4. The summed E-state index contributed by atoms with van der Waals surface area (Å²) in [6.07, 6.45) is 4.07. The third-order valence-corrected chi connectivity index (χ3v) is 5.74. The Labute approximate surface area is 131 Å². The molecule has 1 N–H and O–H groups in total. The average molecular weight is 297 g/mol. The third kappa shape index (κ3) is 1.96. The lowest BCUT2D eigenvalue weighted by Gasteiger charge is -2.43. The van der Waals surface area contributed by atoms with Gasteiger partial charge in [-0.2, -0.15) is 0 Å². The van der Waals surface area contributed by atoms with E-state index in [2.05, 4.69) is 30.1 Å². The minimum atomic E-state index is -0.718. The first-order chi connectivity index (χ1) is 10.6. The number of aliphatic hydroxyl groups is 1. The minimum Gasteiger partial charge on any atom is -0.496 e. The first kappa shape index (κ1) is 14.0. The topological polar surface area (TPSA) is 32.7 Å². The molecule has 0 radical (unpaired) electrons. The van der Waals surface area contributed by atoms with Crippen molar-refractivity contribution in [2.75, 3.05) is 14.2 Å². The number of nitrogens with zero attached hydrogens (tertiary/aromatic N) is 1. The third-order valence-electron chi connectivity index (χ3n) is 5.74. The number of hydrogen-bond donors (Lipinski definition) is 1. The van der Waals surface area contributed by atoms with Gasteiger partial charge in [0.05, 0.1) is 12.7 Å². The summed E-state index contributed by atoms with van der Waals surface area (Å²) in [6, 6.07) is 13.3. The second-order valence-corrected chi connectivity index (χ2v) is 6.85. The summed E-state index contributed by atoms with van der Waals surface area (Å²) < 4.78 is 5.48. The molecule has 4 rings (SSSR count). The predicted octanol–water partition coefficient (Wildman–Crippen LogP) is 3.29. The van der Waals surface area contributed by atoms with E-state index in [0.29, 0.717) is 12.1 Å². The Kier molecular flexibility index (Phi) is 3.17. The lowest BCUT2D eigenvalue weighted by atomic mass is 9.78. The molecule has 116 valence electrons. The van der Waals surface area contributed by atoms with Crippen LogP contribution in [0.5, 0.6) is 5.75 Å². The normalized spacial score (nSPS) is 31.6. The first-order valence-electron chi connectivity index (χ1n) is 8.13. The highest BCUT2D eigenvalue weighted by atomic mass is 16.5. The SMILES string of the molecule is COc1ccc(C2(O)CC3CCC(C2)N3C)c2ccccc12. The van der Waals surface area contributed by atoms with Crippen LogP contribution in [0, 0.1) is 0 Å². The maximum absolute atomic E-state index is 11.4. The minimum absolute atomic E-state index is 0.504. The summed E-state index contributed by atoms with van der Waals surface area (Å²) in [7, 11) is 3.90. The molecule has 0 aliphatic carbocycles. The fraction of sp³-hybridized carbons (Fsp3) is 0.474. The van der Waals surface area contributed by atoms with Gasteiger partial charge in [0.2, 0.25) is 0 Å². The van der Waals surface area contributed by atoms with Crippen molar-refractivity contribution in [3.8, 4) is 5.75 Å². The lowest BCUT2D eigenvalue weighted by Crippen LogP contribution is -2.47. The smallest absolute Gasteiger partial charge is 0.126 e. The van der Waals surface area contributed by atoms with Gasteiger partial charge in [0.15, 0.2) is 0 Å². The summed E-state index contributed by atoms with van der Waals surface area (Å²) in [5, 5.41) is 13.6. The molecule has 2 saturated heterocycles. The molecular weight excluding hydrogens is 274 g/mol. The second-order valence-electron chi connectivity index (χ2n) is 6.85.